The van der Waals surface area contributed by atoms with Gasteiger partial charge in [-0.3, -0.25) is 9.69 Å². The van der Waals surface area contributed by atoms with Gasteiger partial charge in [-0.1, -0.05) is 66.7 Å². The number of carboxylic acid groups (broad SMARTS) is 1. The average Bonchev–Trinajstić information content (AvgIpc) is 3.04. The molecule has 0 aliphatic carbocycles. The van der Waals surface area contributed by atoms with Crippen LogP contribution in [-0.4, -0.2) is 89.3 Å². The molecule has 11 heteroatoms. The highest BCUT2D eigenvalue weighted by atomic mass is 16.5. The van der Waals surface area contributed by atoms with E-state index in [-0.39, 0.29) is 23.9 Å². The number of morpholine rings is 1. The molecule has 1 aromatic heterocycles. The number of fused-ring (bicyclic) bond motifs is 1. The Kier molecular flexibility index (Phi) is 10.4. The van der Waals surface area contributed by atoms with E-state index in [1.807, 2.05) is 60.7 Å². The quantitative estimate of drug-likeness (QED) is 0.244. The molecule has 5 rings (SSSR count). The zero-order valence-electron chi connectivity index (χ0n) is 25.6. The number of likely N-dealkylation sites (N-methyl/N-ethyl adjacent to an activating group) is 1. The van der Waals surface area contributed by atoms with Crippen molar-refractivity contribution in [1.82, 2.24) is 19.7 Å². The van der Waals surface area contributed by atoms with Crippen molar-refractivity contribution in [3.8, 4) is 0 Å². The standard InChI is InChI=1S/C34H39N5O6/c1-24-27(23-39(34(42)43)16-15-38-17-19-44-20-18-38)13-14-28-30(24)32(41)45-33(35-28)36-29(21-25-9-5-3-6-10-25)31(40)37(2)22-26-11-7-4-8-12-26/h3-14,29H,15-23H2,1-2H3,(H,35,36)(H,42,43). The van der Waals surface area contributed by atoms with Gasteiger partial charge in [0.2, 0.25) is 5.91 Å². The zero-order chi connectivity index (χ0) is 31.8. The number of nitrogens with zero attached hydrogens (tertiary/aromatic N) is 4. The number of rotatable bonds is 12. The number of benzene rings is 3. The van der Waals surface area contributed by atoms with Crippen molar-refractivity contribution >= 4 is 28.9 Å². The molecule has 2 amide bonds. The van der Waals surface area contributed by atoms with Crippen molar-refractivity contribution in [3.63, 3.8) is 0 Å². The first-order chi connectivity index (χ1) is 21.8. The average molecular weight is 614 g/mol. The molecular weight excluding hydrogens is 574 g/mol. The maximum Gasteiger partial charge on any atom is 0.407 e. The molecular formula is C34H39N5O6. The molecule has 2 N–H and O–H groups in total. The normalized spacial score (nSPS) is 14.2. The van der Waals surface area contributed by atoms with Crippen LogP contribution in [0.25, 0.3) is 10.9 Å². The Morgan fingerprint density at radius 2 is 1.64 bits per heavy atom. The maximum absolute atomic E-state index is 13.7. The minimum absolute atomic E-state index is 0.0558. The fraction of sp³-hybridized carbons (Fsp3) is 0.353. The van der Waals surface area contributed by atoms with E-state index in [1.54, 1.807) is 31.0 Å². The van der Waals surface area contributed by atoms with Gasteiger partial charge < -0.3 is 29.4 Å². The van der Waals surface area contributed by atoms with E-state index in [4.69, 9.17) is 9.15 Å². The fourth-order valence-electron chi connectivity index (χ4n) is 5.53. The number of amides is 2. The number of carbonyl (C=O) groups excluding carboxylic acids is 1. The molecule has 11 nitrogen and oxygen atoms in total. The van der Waals surface area contributed by atoms with Gasteiger partial charge in [-0.15, -0.1) is 0 Å². The second-order valence-corrected chi connectivity index (χ2v) is 11.3. The van der Waals surface area contributed by atoms with Crippen molar-refractivity contribution in [2.24, 2.45) is 0 Å². The number of hydrogen-bond acceptors (Lipinski definition) is 8. The largest absolute Gasteiger partial charge is 0.465 e. The van der Waals surface area contributed by atoms with Gasteiger partial charge in [0.1, 0.15) is 6.04 Å². The molecule has 4 aromatic rings. The highest BCUT2D eigenvalue weighted by Gasteiger charge is 2.25. The molecule has 0 bridgehead atoms. The van der Waals surface area contributed by atoms with Crippen molar-refractivity contribution in [3.05, 3.63) is 105 Å². The third-order valence-electron chi connectivity index (χ3n) is 8.11. The van der Waals surface area contributed by atoms with Crippen LogP contribution in [0.1, 0.15) is 22.3 Å². The number of hydrogen-bond donors (Lipinski definition) is 2. The molecule has 1 saturated heterocycles. The van der Waals surface area contributed by atoms with Crippen LogP contribution in [0.2, 0.25) is 0 Å². The van der Waals surface area contributed by atoms with Crippen molar-refractivity contribution < 1.29 is 23.8 Å². The molecule has 3 aromatic carbocycles. The van der Waals surface area contributed by atoms with Crippen LogP contribution < -0.4 is 10.9 Å². The highest BCUT2D eigenvalue weighted by Crippen LogP contribution is 2.22. The van der Waals surface area contributed by atoms with E-state index in [2.05, 4.69) is 15.2 Å². The van der Waals surface area contributed by atoms with Crippen LogP contribution in [0.3, 0.4) is 0 Å². The summed E-state index contributed by atoms with van der Waals surface area (Å²) in [7, 11) is 1.74. The second kappa shape index (κ2) is 14.8. The summed E-state index contributed by atoms with van der Waals surface area (Å²) in [6.45, 7) is 6.07. The van der Waals surface area contributed by atoms with Gasteiger partial charge in [-0.2, -0.15) is 4.98 Å². The third-order valence-corrected chi connectivity index (χ3v) is 8.11. The van der Waals surface area contributed by atoms with Crippen LogP contribution in [0.5, 0.6) is 0 Å². The lowest BCUT2D eigenvalue weighted by Gasteiger charge is -2.29. The van der Waals surface area contributed by atoms with Crippen molar-refractivity contribution in [2.75, 3.05) is 51.8 Å². The SMILES string of the molecule is Cc1c(CN(CCN2CCOCC2)C(=O)O)ccc2nc(NC(Cc3ccccc3)C(=O)N(C)Cc3ccccc3)oc(=O)c12. The Hall–Kier alpha value is -4.74. The Labute approximate surface area is 262 Å². The highest BCUT2D eigenvalue weighted by molar-refractivity contribution is 5.85. The lowest BCUT2D eigenvalue weighted by molar-refractivity contribution is -0.131. The first-order valence-electron chi connectivity index (χ1n) is 15.1. The molecule has 1 aliphatic heterocycles. The number of aromatic nitrogens is 1. The van der Waals surface area contributed by atoms with E-state index >= 15 is 0 Å². The fourth-order valence-corrected chi connectivity index (χ4v) is 5.53. The molecule has 0 saturated carbocycles. The predicted molar refractivity (Wildman–Crippen MR) is 171 cm³/mol. The number of nitrogens with one attached hydrogen (secondary N) is 1. The molecule has 0 radical (unpaired) electrons. The lowest BCUT2D eigenvalue weighted by Crippen LogP contribution is -2.42. The number of ether oxygens (including phenoxy) is 1. The first-order valence-corrected chi connectivity index (χ1v) is 15.1. The Balaban J connectivity index is 1.36. The number of anilines is 1. The lowest BCUT2D eigenvalue weighted by atomic mass is 10.0. The van der Waals surface area contributed by atoms with Gasteiger partial charge >= 0.3 is 11.7 Å². The summed E-state index contributed by atoms with van der Waals surface area (Å²) in [5.74, 6) is -0.176. The second-order valence-electron chi connectivity index (χ2n) is 11.3. The maximum atomic E-state index is 13.7. The van der Waals surface area contributed by atoms with Gasteiger partial charge in [-0.05, 0) is 35.2 Å². The number of aryl methyl sites for hydroxylation is 1. The summed E-state index contributed by atoms with van der Waals surface area (Å²) in [5, 5.41) is 13.2. The van der Waals surface area contributed by atoms with Crippen LogP contribution in [0, 0.1) is 6.92 Å². The van der Waals surface area contributed by atoms with E-state index < -0.39 is 17.8 Å². The van der Waals surface area contributed by atoms with Gasteiger partial charge in [0.15, 0.2) is 0 Å². The third kappa shape index (κ3) is 8.25. The van der Waals surface area contributed by atoms with Crippen LogP contribution in [0.15, 0.2) is 82.0 Å². The van der Waals surface area contributed by atoms with E-state index in [0.717, 1.165) is 24.2 Å². The molecule has 1 atom stereocenters. The van der Waals surface area contributed by atoms with E-state index in [1.165, 1.54) is 4.90 Å². The molecule has 1 aliphatic rings. The molecule has 1 unspecified atom stereocenters. The van der Waals surface area contributed by atoms with Gasteiger partial charge in [-0.25, -0.2) is 9.59 Å². The zero-order valence-corrected chi connectivity index (χ0v) is 25.6. The Morgan fingerprint density at radius 3 is 2.31 bits per heavy atom. The smallest absolute Gasteiger partial charge is 0.407 e. The molecule has 0 spiro atoms. The van der Waals surface area contributed by atoms with Gasteiger partial charge in [0.25, 0.3) is 6.01 Å². The predicted octanol–water partition coefficient (Wildman–Crippen LogP) is 3.99. The topological polar surface area (TPSA) is 128 Å². The van der Waals surface area contributed by atoms with Crippen molar-refractivity contribution in [1.29, 1.82) is 0 Å². The summed E-state index contributed by atoms with van der Waals surface area (Å²) in [6, 6.07) is 22.0. The van der Waals surface area contributed by atoms with Crippen LogP contribution in [-0.2, 0) is 29.0 Å². The van der Waals surface area contributed by atoms with Gasteiger partial charge in [0, 0.05) is 52.7 Å². The summed E-state index contributed by atoms with van der Waals surface area (Å²) in [6.07, 6.45) is -0.672. The Bertz CT molecular complexity index is 1660. The van der Waals surface area contributed by atoms with E-state index in [0.29, 0.717) is 55.9 Å². The minimum Gasteiger partial charge on any atom is -0.465 e. The molecule has 1 fully saturated rings. The first kappa shape index (κ1) is 31.7. The molecule has 2 heterocycles. The summed E-state index contributed by atoms with van der Waals surface area (Å²) < 4.78 is 11.0. The van der Waals surface area contributed by atoms with Crippen LogP contribution in [0.4, 0.5) is 10.8 Å². The van der Waals surface area contributed by atoms with Gasteiger partial charge in [0.05, 0.1) is 24.1 Å². The van der Waals surface area contributed by atoms with E-state index in [9.17, 15) is 19.5 Å². The monoisotopic (exact) mass is 613 g/mol. The molecule has 45 heavy (non-hydrogen) atoms. The van der Waals surface area contributed by atoms with Crippen molar-refractivity contribution in [2.45, 2.75) is 32.5 Å². The summed E-state index contributed by atoms with van der Waals surface area (Å²) >= 11 is 0. The molecule has 236 valence electrons. The van der Waals surface area contributed by atoms with Crippen LogP contribution >= 0.6 is 0 Å². The summed E-state index contributed by atoms with van der Waals surface area (Å²) in [4.78, 5) is 48.8. The minimum atomic E-state index is -1.03. The summed E-state index contributed by atoms with van der Waals surface area (Å²) in [5.41, 5.74) is 3.03. The Morgan fingerprint density at radius 1 is 0.978 bits per heavy atom. The number of carbonyl (C=O) groups is 2.